The van der Waals surface area contributed by atoms with Crippen molar-refractivity contribution in [2.24, 2.45) is 0 Å². The zero-order chi connectivity index (χ0) is 20.1. The number of carbonyl (C=O) groups excluding carboxylic acids is 4. The highest BCUT2D eigenvalue weighted by molar-refractivity contribution is 5.84. The number of methoxy groups -OCH3 is 1. The van der Waals surface area contributed by atoms with Crippen LogP contribution in [0, 0.1) is 0 Å². The molecule has 1 aliphatic heterocycles. The van der Waals surface area contributed by atoms with Gasteiger partial charge in [-0.15, -0.1) is 5.10 Å². The van der Waals surface area contributed by atoms with Gasteiger partial charge in [0.05, 0.1) is 7.11 Å². The minimum Gasteiger partial charge on any atom is -0.463 e. The molecule has 1 aliphatic rings. The van der Waals surface area contributed by atoms with Crippen LogP contribution in [0.2, 0.25) is 0 Å². The molecule has 0 N–H and O–H groups in total. The van der Waals surface area contributed by atoms with E-state index in [-0.39, 0.29) is 12.4 Å². The molecule has 1 fully saturated rings. The standard InChI is InChI=1S/C15H19N3O9/c1-7(19)24-5-10-11(25-8(2)20)12(26-9(3)21)14(27-10)18-6-16-13(17-18)15(22)23-4/h6,10-12,14H,5H2,1-4H3/t10-,11?,12?,14-/m1/s1. The Kier molecular flexibility index (Phi) is 6.45. The Balaban J connectivity index is 2.33. The largest absolute Gasteiger partial charge is 0.463 e. The molecular weight excluding hydrogens is 366 g/mol. The molecular formula is C15H19N3O9. The third-order valence-electron chi connectivity index (χ3n) is 3.48. The Bertz CT molecular complexity index is 732. The van der Waals surface area contributed by atoms with Gasteiger partial charge in [0.15, 0.2) is 18.4 Å². The number of rotatable bonds is 6. The zero-order valence-electron chi connectivity index (χ0n) is 15.1. The van der Waals surface area contributed by atoms with Crippen LogP contribution in [-0.2, 0) is 38.1 Å². The highest BCUT2D eigenvalue weighted by Crippen LogP contribution is 2.34. The summed E-state index contributed by atoms with van der Waals surface area (Å²) in [5.41, 5.74) is 0. The summed E-state index contributed by atoms with van der Waals surface area (Å²) < 4.78 is 26.8. The van der Waals surface area contributed by atoms with E-state index >= 15 is 0 Å². The summed E-state index contributed by atoms with van der Waals surface area (Å²) in [7, 11) is 1.17. The van der Waals surface area contributed by atoms with Gasteiger partial charge in [0.1, 0.15) is 19.0 Å². The van der Waals surface area contributed by atoms with Crippen molar-refractivity contribution in [3.05, 3.63) is 12.2 Å². The Morgan fingerprint density at radius 3 is 2.26 bits per heavy atom. The monoisotopic (exact) mass is 385 g/mol. The molecule has 12 heteroatoms. The summed E-state index contributed by atoms with van der Waals surface area (Å²) in [6.07, 6.45) is -3.02. The van der Waals surface area contributed by atoms with E-state index in [1.807, 2.05) is 0 Å². The number of carbonyl (C=O) groups is 4. The van der Waals surface area contributed by atoms with Crippen LogP contribution in [0.3, 0.4) is 0 Å². The normalized spacial score (nSPS) is 24.1. The molecule has 148 valence electrons. The number of esters is 4. The van der Waals surface area contributed by atoms with Crippen LogP contribution in [0.5, 0.6) is 0 Å². The summed E-state index contributed by atoms with van der Waals surface area (Å²) in [5, 5.41) is 3.93. The van der Waals surface area contributed by atoms with Gasteiger partial charge in [0.2, 0.25) is 0 Å². The van der Waals surface area contributed by atoms with Gasteiger partial charge >= 0.3 is 23.9 Å². The molecule has 0 bridgehead atoms. The predicted molar refractivity (Wildman–Crippen MR) is 83.0 cm³/mol. The first-order chi connectivity index (χ1) is 12.7. The number of hydrogen-bond donors (Lipinski definition) is 0. The second-order valence-electron chi connectivity index (χ2n) is 5.56. The SMILES string of the molecule is COC(=O)c1ncn([C@@H]2O[C@H](COC(C)=O)C(OC(C)=O)C2OC(C)=O)n1. The van der Waals surface area contributed by atoms with Crippen LogP contribution in [0.15, 0.2) is 6.33 Å². The van der Waals surface area contributed by atoms with Crippen LogP contribution < -0.4 is 0 Å². The first kappa shape index (κ1) is 20.3. The van der Waals surface area contributed by atoms with Crippen LogP contribution >= 0.6 is 0 Å². The molecule has 2 unspecified atom stereocenters. The van der Waals surface area contributed by atoms with Gasteiger partial charge in [0.25, 0.3) is 5.82 Å². The van der Waals surface area contributed by atoms with Crippen molar-refractivity contribution in [1.29, 1.82) is 0 Å². The van der Waals surface area contributed by atoms with E-state index in [0.717, 1.165) is 4.68 Å². The summed E-state index contributed by atoms with van der Waals surface area (Å²) in [4.78, 5) is 49.4. The van der Waals surface area contributed by atoms with Crippen LogP contribution in [0.1, 0.15) is 37.6 Å². The topological polar surface area (TPSA) is 145 Å². The van der Waals surface area contributed by atoms with Gasteiger partial charge < -0.3 is 23.7 Å². The lowest BCUT2D eigenvalue weighted by atomic mass is 10.1. The molecule has 1 saturated heterocycles. The zero-order valence-corrected chi connectivity index (χ0v) is 15.1. The van der Waals surface area contributed by atoms with E-state index in [4.69, 9.17) is 18.9 Å². The quantitative estimate of drug-likeness (QED) is 0.456. The molecule has 2 heterocycles. The fraction of sp³-hybridized carbons (Fsp3) is 0.600. The van der Waals surface area contributed by atoms with Gasteiger partial charge in [-0.05, 0) is 0 Å². The Labute approximate surface area is 153 Å². The maximum atomic E-state index is 11.5. The molecule has 0 radical (unpaired) electrons. The minimum absolute atomic E-state index is 0.241. The van der Waals surface area contributed by atoms with Gasteiger partial charge in [0, 0.05) is 20.8 Å². The molecule has 0 spiro atoms. The smallest absolute Gasteiger partial charge is 0.377 e. The van der Waals surface area contributed by atoms with E-state index in [0.29, 0.717) is 0 Å². The molecule has 1 aromatic rings. The van der Waals surface area contributed by atoms with Crippen molar-refractivity contribution in [3.63, 3.8) is 0 Å². The first-order valence-corrected chi connectivity index (χ1v) is 7.85. The summed E-state index contributed by atoms with van der Waals surface area (Å²) in [5.74, 6) is -2.89. The molecule has 1 aromatic heterocycles. The Morgan fingerprint density at radius 1 is 1.07 bits per heavy atom. The van der Waals surface area contributed by atoms with Gasteiger partial charge in [-0.25, -0.2) is 14.5 Å². The number of nitrogens with zero attached hydrogens (tertiary/aromatic N) is 3. The maximum Gasteiger partial charge on any atom is 0.377 e. The molecule has 12 nitrogen and oxygen atoms in total. The molecule has 0 aliphatic carbocycles. The van der Waals surface area contributed by atoms with E-state index in [1.54, 1.807) is 0 Å². The van der Waals surface area contributed by atoms with Crippen LogP contribution in [0.4, 0.5) is 0 Å². The van der Waals surface area contributed by atoms with Gasteiger partial charge in [-0.1, -0.05) is 0 Å². The summed E-state index contributed by atoms with van der Waals surface area (Å²) >= 11 is 0. The molecule has 0 saturated carbocycles. The lowest BCUT2D eigenvalue weighted by Crippen LogP contribution is -2.40. The fourth-order valence-corrected chi connectivity index (χ4v) is 2.49. The van der Waals surface area contributed by atoms with Crippen molar-refractivity contribution in [1.82, 2.24) is 14.8 Å². The Morgan fingerprint density at radius 2 is 1.70 bits per heavy atom. The molecule has 2 rings (SSSR count). The second-order valence-corrected chi connectivity index (χ2v) is 5.56. The average Bonchev–Trinajstić information content (AvgIpc) is 3.18. The average molecular weight is 385 g/mol. The van der Waals surface area contributed by atoms with E-state index in [2.05, 4.69) is 14.8 Å². The lowest BCUT2D eigenvalue weighted by molar-refractivity contribution is -0.166. The number of hydrogen-bond acceptors (Lipinski definition) is 11. The highest BCUT2D eigenvalue weighted by atomic mass is 16.7. The first-order valence-electron chi connectivity index (χ1n) is 7.85. The summed E-state index contributed by atoms with van der Waals surface area (Å²) in [6.45, 7) is 3.30. The number of aromatic nitrogens is 3. The van der Waals surface area contributed by atoms with Crippen molar-refractivity contribution in [3.8, 4) is 0 Å². The lowest BCUT2D eigenvalue weighted by Gasteiger charge is -2.23. The van der Waals surface area contributed by atoms with Crippen LogP contribution in [0.25, 0.3) is 0 Å². The summed E-state index contributed by atoms with van der Waals surface area (Å²) in [6, 6.07) is 0. The predicted octanol–water partition coefficient (Wildman–Crippen LogP) is -0.611. The van der Waals surface area contributed by atoms with Crippen molar-refractivity contribution >= 4 is 23.9 Å². The molecule has 4 atom stereocenters. The Hall–Kier alpha value is -3.02. The minimum atomic E-state index is -1.11. The van der Waals surface area contributed by atoms with Crippen molar-refractivity contribution in [2.75, 3.05) is 13.7 Å². The maximum absolute atomic E-state index is 11.5. The van der Waals surface area contributed by atoms with Crippen molar-refractivity contribution < 1.29 is 42.9 Å². The third kappa shape index (κ3) is 5.00. The van der Waals surface area contributed by atoms with E-state index < -0.39 is 48.4 Å². The molecule has 0 amide bonds. The third-order valence-corrected chi connectivity index (χ3v) is 3.48. The second kappa shape index (κ2) is 8.58. The fourth-order valence-electron chi connectivity index (χ4n) is 2.49. The molecule has 27 heavy (non-hydrogen) atoms. The van der Waals surface area contributed by atoms with Gasteiger partial charge in [-0.3, -0.25) is 14.4 Å². The van der Waals surface area contributed by atoms with Crippen molar-refractivity contribution in [2.45, 2.75) is 45.3 Å². The van der Waals surface area contributed by atoms with Gasteiger partial charge in [-0.2, -0.15) is 0 Å². The van der Waals surface area contributed by atoms with Crippen LogP contribution in [-0.4, -0.2) is 70.7 Å². The highest BCUT2D eigenvalue weighted by Gasteiger charge is 2.51. The van der Waals surface area contributed by atoms with E-state index in [9.17, 15) is 19.2 Å². The van der Waals surface area contributed by atoms with E-state index in [1.165, 1.54) is 34.2 Å². The number of ether oxygens (including phenoxy) is 5. The molecule has 0 aromatic carbocycles.